The topological polar surface area (TPSA) is 77.0 Å². The second kappa shape index (κ2) is 12.6. The fraction of sp³-hybridized carbons (Fsp3) is 0.455. The van der Waals surface area contributed by atoms with Gasteiger partial charge >= 0.3 is 0 Å². The Kier molecular flexibility index (Phi) is 9.78. The monoisotopic (exact) mass is 400 g/mol. The molecule has 1 heterocycles. The van der Waals surface area contributed by atoms with E-state index >= 15 is 0 Å². The Morgan fingerprint density at radius 2 is 1.97 bits per heavy atom. The van der Waals surface area contributed by atoms with Crippen LogP contribution in [0, 0.1) is 6.92 Å². The third-order valence-electron chi connectivity index (χ3n) is 4.13. The van der Waals surface area contributed by atoms with Crippen molar-refractivity contribution < 1.29 is 14.2 Å². The van der Waals surface area contributed by atoms with E-state index in [4.69, 9.17) is 14.2 Å². The molecule has 0 amide bonds. The van der Waals surface area contributed by atoms with E-state index in [9.17, 15) is 0 Å². The summed E-state index contributed by atoms with van der Waals surface area (Å²) in [7, 11) is 1.61. The Morgan fingerprint density at radius 1 is 1.10 bits per heavy atom. The Labute approximate surface area is 173 Å². The highest BCUT2D eigenvalue weighted by Gasteiger charge is 2.06. The molecule has 29 heavy (non-hydrogen) atoms. The summed E-state index contributed by atoms with van der Waals surface area (Å²) in [6, 6.07) is 10.0. The SMILES string of the molecule is CCNC(=NCc1ccnc(OC)c1)NCc1ccc(C)cc1OCCOCC. The van der Waals surface area contributed by atoms with Crippen molar-refractivity contribution >= 4 is 5.96 Å². The lowest BCUT2D eigenvalue weighted by molar-refractivity contribution is 0.110. The molecule has 0 aliphatic heterocycles. The molecular weight excluding hydrogens is 368 g/mol. The van der Waals surface area contributed by atoms with Crippen molar-refractivity contribution in [1.82, 2.24) is 15.6 Å². The van der Waals surface area contributed by atoms with Gasteiger partial charge in [0.15, 0.2) is 5.96 Å². The van der Waals surface area contributed by atoms with Crippen LogP contribution in [0.3, 0.4) is 0 Å². The summed E-state index contributed by atoms with van der Waals surface area (Å²) in [5.74, 6) is 2.19. The number of pyridine rings is 1. The number of guanidine groups is 1. The van der Waals surface area contributed by atoms with Gasteiger partial charge in [-0.05, 0) is 44.0 Å². The van der Waals surface area contributed by atoms with Gasteiger partial charge in [0.1, 0.15) is 12.4 Å². The minimum atomic E-state index is 0.528. The molecule has 0 atom stereocenters. The van der Waals surface area contributed by atoms with E-state index in [-0.39, 0.29) is 0 Å². The zero-order valence-electron chi connectivity index (χ0n) is 17.8. The van der Waals surface area contributed by atoms with Crippen LogP contribution < -0.4 is 20.1 Å². The summed E-state index contributed by atoms with van der Waals surface area (Å²) in [6.07, 6.45) is 1.72. The lowest BCUT2D eigenvalue weighted by Crippen LogP contribution is -2.36. The average molecular weight is 401 g/mol. The molecule has 0 saturated heterocycles. The molecule has 7 nitrogen and oxygen atoms in total. The number of aliphatic imine (C=N–C) groups is 1. The molecule has 0 unspecified atom stereocenters. The predicted octanol–water partition coefficient (Wildman–Crippen LogP) is 3.07. The first-order valence-corrected chi connectivity index (χ1v) is 9.97. The van der Waals surface area contributed by atoms with Crippen LogP contribution in [-0.4, -0.2) is 44.4 Å². The molecule has 2 N–H and O–H groups in total. The molecule has 0 saturated carbocycles. The van der Waals surface area contributed by atoms with Crippen LogP contribution in [0.1, 0.15) is 30.5 Å². The van der Waals surface area contributed by atoms with Gasteiger partial charge in [0.25, 0.3) is 0 Å². The van der Waals surface area contributed by atoms with Gasteiger partial charge in [0.05, 0.1) is 20.3 Å². The smallest absolute Gasteiger partial charge is 0.213 e. The molecule has 0 spiro atoms. The molecule has 0 fully saturated rings. The van der Waals surface area contributed by atoms with E-state index in [0.717, 1.165) is 34.9 Å². The summed E-state index contributed by atoms with van der Waals surface area (Å²) in [6.45, 7) is 9.79. The van der Waals surface area contributed by atoms with Crippen molar-refractivity contribution in [3.8, 4) is 11.6 Å². The summed E-state index contributed by atoms with van der Waals surface area (Å²) in [5.41, 5.74) is 3.26. The number of aromatic nitrogens is 1. The van der Waals surface area contributed by atoms with Gasteiger partial charge < -0.3 is 24.8 Å². The number of benzene rings is 1. The fourth-order valence-corrected chi connectivity index (χ4v) is 2.65. The van der Waals surface area contributed by atoms with E-state index in [1.165, 1.54) is 0 Å². The number of methoxy groups -OCH3 is 1. The van der Waals surface area contributed by atoms with Gasteiger partial charge in [-0.15, -0.1) is 0 Å². The van der Waals surface area contributed by atoms with E-state index in [0.29, 0.717) is 38.8 Å². The molecular formula is C22H32N4O3. The van der Waals surface area contributed by atoms with Crippen molar-refractivity contribution in [2.75, 3.05) is 33.5 Å². The highest BCUT2D eigenvalue weighted by Crippen LogP contribution is 2.20. The van der Waals surface area contributed by atoms with Gasteiger partial charge in [0.2, 0.25) is 5.88 Å². The highest BCUT2D eigenvalue weighted by molar-refractivity contribution is 5.79. The van der Waals surface area contributed by atoms with Crippen molar-refractivity contribution in [2.24, 2.45) is 4.99 Å². The maximum Gasteiger partial charge on any atom is 0.213 e. The molecule has 0 aliphatic carbocycles. The zero-order valence-corrected chi connectivity index (χ0v) is 17.8. The van der Waals surface area contributed by atoms with Gasteiger partial charge in [-0.2, -0.15) is 0 Å². The second-order valence-electron chi connectivity index (χ2n) is 6.41. The van der Waals surface area contributed by atoms with Crippen molar-refractivity contribution in [1.29, 1.82) is 0 Å². The fourth-order valence-electron chi connectivity index (χ4n) is 2.65. The third kappa shape index (κ3) is 7.99. The molecule has 0 aliphatic rings. The summed E-state index contributed by atoms with van der Waals surface area (Å²) < 4.78 is 16.5. The maximum atomic E-state index is 5.92. The number of nitrogens with zero attached hydrogens (tertiary/aromatic N) is 2. The van der Waals surface area contributed by atoms with Gasteiger partial charge in [-0.3, -0.25) is 0 Å². The standard InChI is InChI=1S/C22H32N4O3/c1-5-23-22(25-15-18-9-10-24-21(14-18)27-4)26-16-19-8-7-17(3)13-20(19)29-12-11-28-6-2/h7-10,13-14H,5-6,11-12,15-16H2,1-4H3,(H2,23,25,26). The molecule has 2 rings (SSSR count). The first kappa shape index (κ1) is 22.5. The first-order valence-electron chi connectivity index (χ1n) is 9.97. The number of hydrogen-bond acceptors (Lipinski definition) is 5. The third-order valence-corrected chi connectivity index (χ3v) is 4.13. The van der Waals surface area contributed by atoms with Crippen molar-refractivity contribution in [3.63, 3.8) is 0 Å². The van der Waals surface area contributed by atoms with Crippen LogP contribution in [0.5, 0.6) is 11.6 Å². The van der Waals surface area contributed by atoms with Crippen LogP contribution in [0.25, 0.3) is 0 Å². The molecule has 0 bridgehead atoms. The van der Waals surface area contributed by atoms with E-state index in [1.807, 2.05) is 26.0 Å². The normalized spacial score (nSPS) is 11.2. The summed E-state index contributed by atoms with van der Waals surface area (Å²) >= 11 is 0. The van der Waals surface area contributed by atoms with E-state index in [1.54, 1.807) is 13.3 Å². The van der Waals surface area contributed by atoms with Gasteiger partial charge in [0, 0.05) is 37.5 Å². The number of nitrogens with one attached hydrogen (secondary N) is 2. The number of ether oxygens (including phenoxy) is 3. The molecule has 1 aromatic carbocycles. The first-order chi connectivity index (χ1) is 14.2. The predicted molar refractivity (Wildman–Crippen MR) is 116 cm³/mol. The number of rotatable bonds is 11. The van der Waals surface area contributed by atoms with Crippen molar-refractivity contribution in [2.45, 2.75) is 33.9 Å². The molecule has 0 radical (unpaired) electrons. The van der Waals surface area contributed by atoms with Crippen LogP contribution in [0.15, 0.2) is 41.5 Å². The molecule has 1 aromatic heterocycles. The Hall–Kier alpha value is -2.80. The zero-order chi connectivity index (χ0) is 20.9. The number of aryl methyl sites for hydroxylation is 1. The van der Waals surface area contributed by atoms with Crippen molar-refractivity contribution in [3.05, 3.63) is 53.2 Å². The number of hydrogen-bond donors (Lipinski definition) is 2. The van der Waals surface area contributed by atoms with Crippen LogP contribution in [-0.2, 0) is 17.8 Å². The highest BCUT2D eigenvalue weighted by atomic mass is 16.5. The van der Waals surface area contributed by atoms with Crippen LogP contribution in [0.2, 0.25) is 0 Å². The van der Waals surface area contributed by atoms with E-state index < -0.39 is 0 Å². The van der Waals surface area contributed by atoms with Gasteiger partial charge in [-0.25, -0.2) is 9.98 Å². The summed E-state index contributed by atoms with van der Waals surface area (Å²) in [5, 5.41) is 6.65. The Bertz CT molecular complexity index is 780. The Balaban J connectivity index is 2.01. The average Bonchev–Trinajstić information content (AvgIpc) is 2.74. The maximum absolute atomic E-state index is 5.92. The molecule has 2 aromatic rings. The lowest BCUT2D eigenvalue weighted by atomic mass is 10.1. The van der Waals surface area contributed by atoms with Crippen LogP contribution >= 0.6 is 0 Å². The largest absolute Gasteiger partial charge is 0.491 e. The van der Waals surface area contributed by atoms with E-state index in [2.05, 4.69) is 45.7 Å². The minimum absolute atomic E-state index is 0.528. The Morgan fingerprint density at radius 3 is 2.72 bits per heavy atom. The second-order valence-corrected chi connectivity index (χ2v) is 6.41. The summed E-state index contributed by atoms with van der Waals surface area (Å²) in [4.78, 5) is 8.78. The molecule has 7 heteroatoms. The van der Waals surface area contributed by atoms with Crippen LogP contribution in [0.4, 0.5) is 0 Å². The minimum Gasteiger partial charge on any atom is -0.491 e. The lowest BCUT2D eigenvalue weighted by Gasteiger charge is -2.15. The van der Waals surface area contributed by atoms with Gasteiger partial charge in [-0.1, -0.05) is 12.1 Å². The molecule has 158 valence electrons. The quantitative estimate of drug-likeness (QED) is 0.343.